The fourth-order valence-electron chi connectivity index (χ4n) is 2.04. The molecule has 1 aromatic carbocycles. The molecule has 0 amide bonds. The van der Waals surface area contributed by atoms with Crippen LogP contribution in [0, 0.1) is 11.3 Å². The monoisotopic (exact) mass is 251 g/mol. The zero-order valence-electron chi connectivity index (χ0n) is 10.8. The van der Waals surface area contributed by atoms with Gasteiger partial charge >= 0.3 is 0 Å². The molecule has 1 heterocycles. The third kappa shape index (κ3) is 3.90. The molecular formula is C16H17N3. The predicted molar refractivity (Wildman–Crippen MR) is 75.4 cm³/mol. The Bertz CT molecular complexity index is 477. The summed E-state index contributed by atoms with van der Waals surface area (Å²) in [6.07, 6.45) is 5.07. The van der Waals surface area contributed by atoms with Crippen molar-refractivity contribution < 1.29 is 0 Å². The van der Waals surface area contributed by atoms with Crippen molar-refractivity contribution in [3.63, 3.8) is 0 Å². The van der Waals surface area contributed by atoms with Crippen molar-refractivity contribution in [1.82, 2.24) is 10.3 Å². The first-order chi connectivity index (χ1) is 9.42. The maximum atomic E-state index is 8.58. The Labute approximate surface area is 113 Å². The van der Waals surface area contributed by atoms with Gasteiger partial charge in [-0.05, 0) is 36.2 Å². The second-order valence-corrected chi connectivity index (χ2v) is 4.34. The van der Waals surface area contributed by atoms with E-state index in [4.69, 9.17) is 5.26 Å². The second-order valence-electron chi connectivity index (χ2n) is 4.34. The average molecular weight is 251 g/mol. The average Bonchev–Trinajstić information content (AvgIpc) is 2.49. The summed E-state index contributed by atoms with van der Waals surface area (Å²) in [6, 6.07) is 16.7. The fraction of sp³-hybridized carbons (Fsp3) is 0.250. The topological polar surface area (TPSA) is 48.7 Å². The lowest BCUT2D eigenvalue weighted by molar-refractivity contribution is 0.587. The van der Waals surface area contributed by atoms with E-state index in [1.54, 1.807) is 0 Å². The molecule has 0 saturated carbocycles. The Morgan fingerprint density at radius 3 is 2.42 bits per heavy atom. The zero-order valence-corrected chi connectivity index (χ0v) is 10.8. The first-order valence-electron chi connectivity index (χ1n) is 6.47. The molecule has 0 spiro atoms. The molecule has 2 rings (SSSR count). The van der Waals surface area contributed by atoms with Crippen LogP contribution in [0.2, 0.25) is 0 Å². The molecule has 0 aliphatic rings. The minimum Gasteiger partial charge on any atom is -0.306 e. The molecule has 1 unspecified atom stereocenters. The lowest BCUT2D eigenvalue weighted by Crippen LogP contribution is -2.23. The van der Waals surface area contributed by atoms with Crippen LogP contribution in [-0.4, -0.2) is 11.5 Å². The van der Waals surface area contributed by atoms with Gasteiger partial charge in [0.15, 0.2) is 0 Å². The van der Waals surface area contributed by atoms with Crippen molar-refractivity contribution in [3.8, 4) is 6.07 Å². The van der Waals surface area contributed by atoms with E-state index in [0.29, 0.717) is 6.42 Å². The molecule has 19 heavy (non-hydrogen) atoms. The number of nitrogens with one attached hydrogen (secondary N) is 1. The molecule has 1 atom stereocenters. The zero-order chi connectivity index (χ0) is 13.3. The highest BCUT2D eigenvalue weighted by Crippen LogP contribution is 2.21. The van der Waals surface area contributed by atoms with E-state index >= 15 is 0 Å². The number of nitriles is 1. The van der Waals surface area contributed by atoms with Gasteiger partial charge in [-0.2, -0.15) is 5.26 Å². The standard InChI is InChI=1S/C16H17N3/c17-10-4-5-11-19-16(14-6-2-1-3-7-14)15-8-12-18-13-9-15/h1-3,6-9,12-13,16,19H,4-5,11H2. The summed E-state index contributed by atoms with van der Waals surface area (Å²) < 4.78 is 0. The van der Waals surface area contributed by atoms with E-state index in [2.05, 4.69) is 28.5 Å². The number of hydrogen-bond acceptors (Lipinski definition) is 3. The van der Waals surface area contributed by atoms with Crippen molar-refractivity contribution >= 4 is 0 Å². The largest absolute Gasteiger partial charge is 0.306 e. The number of pyridine rings is 1. The molecule has 0 aliphatic heterocycles. The molecule has 0 bridgehead atoms. The van der Waals surface area contributed by atoms with Gasteiger partial charge in [0.2, 0.25) is 0 Å². The van der Waals surface area contributed by atoms with Gasteiger partial charge in [0, 0.05) is 18.8 Å². The lowest BCUT2D eigenvalue weighted by Gasteiger charge is -2.19. The van der Waals surface area contributed by atoms with Gasteiger partial charge in [0.05, 0.1) is 12.1 Å². The van der Waals surface area contributed by atoms with Gasteiger partial charge in [0.25, 0.3) is 0 Å². The van der Waals surface area contributed by atoms with Gasteiger partial charge in [0.1, 0.15) is 0 Å². The summed E-state index contributed by atoms with van der Waals surface area (Å²) in [5.41, 5.74) is 2.42. The SMILES string of the molecule is N#CCCCNC(c1ccccc1)c1ccncc1. The molecule has 1 N–H and O–H groups in total. The van der Waals surface area contributed by atoms with Crippen LogP contribution in [0.1, 0.15) is 30.0 Å². The second kappa shape index (κ2) is 7.30. The maximum Gasteiger partial charge on any atom is 0.0622 e. The Kier molecular flexibility index (Phi) is 5.09. The number of benzene rings is 1. The number of unbranched alkanes of at least 4 members (excludes halogenated alkanes) is 1. The van der Waals surface area contributed by atoms with Gasteiger partial charge in [-0.3, -0.25) is 4.98 Å². The number of aromatic nitrogens is 1. The quantitative estimate of drug-likeness (QED) is 0.803. The van der Waals surface area contributed by atoms with E-state index in [9.17, 15) is 0 Å². The van der Waals surface area contributed by atoms with E-state index in [-0.39, 0.29) is 6.04 Å². The van der Waals surface area contributed by atoms with Crippen LogP contribution in [0.15, 0.2) is 54.9 Å². The molecule has 0 fully saturated rings. The molecular weight excluding hydrogens is 234 g/mol. The summed E-state index contributed by atoms with van der Waals surface area (Å²) in [5, 5.41) is 12.1. The van der Waals surface area contributed by atoms with Crippen LogP contribution >= 0.6 is 0 Å². The first-order valence-corrected chi connectivity index (χ1v) is 6.47. The van der Waals surface area contributed by atoms with Crippen molar-refractivity contribution in [2.24, 2.45) is 0 Å². The third-order valence-corrected chi connectivity index (χ3v) is 2.99. The highest BCUT2D eigenvalue weighted by molar-refractivity contribution is 5.30. The highest BCUT2D eigenvalue weighted by atomic mass is 14.9. The van der Waals surface area contributed by atoms with E-state index in [1.165, 1.54) is 11.1 Å². The Hall–Kier alpha value is -2.18. The summed E-state index contributed by atoms with van der Waals surface area (Å²) in [5.74, 6) is 0. The van der Waals surface area contributed by atoms with Crippen molar-refractivity contribution in [1.29, 1.82) is 5.26 Å². The van der Waals surface area contributed by atoms with Gasteiger partial charge in [-0.25, -0.2) is 0 Å². The predicted octanol–water partition coefficient (Wildman–Crippen LogP) is 3.06. The normalized spacial score (nSPS) is 11.7. The fourth-order valence-corrected chi connectivity index (χ4v) is 2.04. The Morgan fingerprint density at radius 2 is 1.74 bits per heavy atom. The van der Waals surface area contributed by atoms with Crippen LogP contribution in [0.4, 0.5) is 0 Å². The van der Waals surface area contributed by atoms with E-state index < -0.39 is 0 Å². The van der Waals surface area contributed by atoms with Crippen LogP contribution in [0.3, 0.4) is 0 Å². The van der Waals surface area contributed by atoms with Gasteiger partial charge < -0.3 is 5.32 Å². The van der Waals surface area contributed by atoms with Gasteiger partial charge in [-0.15, -0.1) is 0 Å². The molecule has 3 heteroatoms. The van der Waals surface area contributed by atoms with Crippen molar-refractivity contribution in [2.75, 3.05) is 6.54 Å². The third-order valence-electron chi connectivity index (χ3n) is 2.99. The molecule has 3 nitrogen and oxygen atoms in total. The van der Waals surface area contributed by atoms with E-state index in [0.717, 1.165) is 13.0 Å². The Morgan fingerprint density at radius 1 is 1.05 bits per heavy atom. The van der Waals surface area contributed by atoms with Crippen LogP contribution in [0.5, 0.6) is 0 Å². The van der Waals surface area contributed by atoms with Gasteiger partial charge in [-0.1, -0.05) is 30.3 Å². The van der Waals surface area contributed by atoms with Crippen LogP contribution in [-0.2, 0) is 0 Å². The molecule has 2 aromatic rings. The maximum absolute atomic E-state index is 8.58. The molecule has 0 saturated heterocycles. The van der Waals surface area contributed by atoms with Crippen LogP contribution < -0.4 is 5.32 Å². The smallest absolute Gasteiger partial charge is 0.0622 e. The minimum atomic E-state index is 0.155. The van der Waals surface area contributed by atoms with Crippen molar-refractivity contribution in [3.05, 3.63) is 66.0 Å². The summed E-state index contributed by atoms with van der Waals surface area (Å²) in [4.78, 5) is 4.06. The summed E-state index contributed by atoms with van der Waals surface area (Å²) in [6.45, 7) is 0.829. The summed E-state index contributed by atoms with van der Waals surface area (Å²) in [7, 11) is 0. The minimum absolute atomic E-state index is 0.155. The lowest BCUT2D eigenvalue weighted by atomic mass is 9.99. The number of rotatable bonds is 6. The summed E-state index contributed by atoms with van der Waals surface area (Å²) >= 11 is 0. The van der Waals surface area contributed by atoms with E-state index in [1.807, 2.05) is 42.7 Å². The molecule has 1 aromatic heterocycles. The Balaban J connectivity index is 2.13. The number of hydrogen-bond donors (Lipinski definition) is 1. The molecule has 0 radical (unpaired) electrons. The van der Waals surface area contributed by atoms with Crippen LogP contribution in [0.25, 0.3) is 0 Å². The highest BCUT2D eigenvalue weighted by Gasteiger charge is 2.12. The first kappa shape index (κ1) is 13.3. The van der Waals surface area contributed by atoms with Crippen molar-refractivity contribution in [2.45, 2.75) is 18.9 Å². The molecule has 96 valence electrons. The molecule has 0 aliphatic carbocycles. The number of nitrogens with zero attached hydrogens (tertiary/aromatic N) is 2.